The normalized spacial score (nSPS) is 18.6. The lowest BCUT2D eigenvalue weighted by Crippen LogP contribution is -2.20. The van der Waals surface area contributed by atoms with Crippen LogP contribution in [0.2, 0.25) is 0 Å². The van der Waals surface area contributed by atoms with Crippen LogP contribution in [0.5, 0.6) is 5.75 Å². The van der Waals surface area contributed by atoms with Crippen molar-refractivity contribution in [2.75, 3.05) is 0 Å². The zero-order chi connectivity index (χ0) is 19.0. The molecule has 1 aromatic carbocycles. The van der Waals surface area contributed by atoms with E-state index in [1.807, 2.05) is 0 Å². The van der Waals surface area contributed by atoms with Gasteiger partial charge in [0.1, 0.15) is 5.75 Å². The van der Waals surface area contributed by atoms with Gasteiger partial charge in [-0.2, -0.15) is 0 Å². The number of phenols is 1. The molecular formula is C23H35NO. The molecule has 0 unspecified atom stereocenters. The number of nitrogens with one attached hydrogen (secondary N) is 1. The number of hydrogen-bond donors (Lipinski definition) is 2. The van der Waals surface area contributed by atoms with Crippen molar-refractivity contribution in [3.63, 3.8) is 0 Å². The molecule has 2 N–H and O–H groups in total. The summed E-state index contributed by atoms with van der Waals surface area (Å²) in [7, 11) is 0. The fourth-order valence-corrected chi connectivity index (χ4v) is 3.29. The Balaban J connectivity index is 2.35. The van der Waals surface area contributed by atoms with Crippen LogP contribution in [0.1, 0.15) is 78.5 Å². The van der Waals surface area contributed by atoms with Crippen LogP contribution < -0.4 is 5.32 Å². The lowest BCUT2D eigenvalue weighted by Gasteiger charge is -2.28. The van der Waals surface area contributed by atoms with Crippen molar-refractivity contribution in [2.45, 2.75) is 79.2 Å². The Labute approximate surface area is 154 Å². The van der Waals surface area contributed by atoms with E-state index in [1.165, 1.54) is 16.8 Å². The van der Waals surface area contributed by atoms with Gasteiger partial charge in [0.2, 0.25) is 0 Å². The lowest BCUT2D eigenvalue weighted by atomic mass is 9.79. The summed E-state index contributed by atoms with van der Waals surface area (Å²) in [5, 5.41) is 14.4. The van der Waals surface area contributed by atoms with Gasteiger partial charge in [0.05, 0.1) is 0 Å². The highest BCUT2D eigenvalue weighted by Gasteiger charge is 2.25. The Morgan fingerprint density at radius 2 is 1.72 bits per heavy atom. The van der Waals surface area contributed by atoms with E-state index in [0.29, 0.717) is 18.2 Å². The highest BCUT2D eigenvalue weighted by Crippen LogP contribution is 2.37. The minimum absolute atomic E-state index is 0.0534. The van der Waals surface area contributed by atoms with Crippen LogP contribution >= 0.6 is 0 Å². The van der Waals surface area contributed by atoms with Crippen LogP contribution in [0.4, 0.5) is 0 Å². The molecule has 0 spiro atoms. The van der Waals surface area contributed by atoms with E-state index in [2.05, 4.69) is 85.0 Å². The first-order valence-electron chi connectivity index (χ1n) is 9.39. The summed E-state index contributed by atoms with van der Waals surface area (Å²) in [4.78, 5) is 0. The van der Waals surface area contributed by atoms with Gasteiger partial charge in [0.15, 0.2) is 0 Å². The SMILES string of the molecule is CC1=C[C@@H](C)CC=C1NCc1cc(C(C)(C)C)cc(C(C)(C)C)c1O. The first-order valence-corrected chi connectivity index (χ1v) is 9.39. The van der Waals surface area contributed by atoms with E-state index in [9.17, 15) is 5.11 Å². The first-order chi connectivity index (χ1) is 11.4. The largest absolute Gasteiger partial charge is 0.507 e. The molecule has 2 rings (SSSR count). The Kier molecular flexibility index (Phi) is 5.41. The second kappa shape index (κ2) is 6.90. The lowest BCUT2D eigenvalue weighted by molar-refractivity contribution is 0.436. The zero-order valence-electron chi connectivity index (χ0n) is 17.2. The molecule has 2 heteroatoms. The maximum absolute atomic E-state index is 10.9. The molecule has 1 atom stereocenters. The third kappa shape index (κ3) is 4.68. The molecule has 0 amide bonds. The van der Waals surface area contributed by atoms with Crippen molar-refractivity contribution in [3.8, 4) is 5.75 Å². The molecule has 0 saturated heterocycles. The van der Waals surface area contributed by atoms with Crippen molar-refractivity contribution in [1.82, 2.24) is 5.32 Å². The topological polar surface area (TPSA) is 32.3 Å². The van der Waals surface area contributed by atoms with E-state index in [4.69, 9.17) is 0 Å². The van der Waals surface area contributed by atoms with Crippen molar-refractivity contribution >= 4 is 0 Å². The van der Waals surface area contributed by atoms with Gasteiger partial charge < -0.3 is 10.4 Å². The number of phenolic OH excluding ortho intramolecular Hbond substituents is 1. The Bertz CT molecular complexity index is 696. The van der Waals surface area contributed by atoms with Crippen LogP contribution in [0.3, 0.4) is 0 Å². The first kappa shape index (κ1) is 19.6. The fourth-order valence-electron chi connectivity index (χ4n) is 3.29. The quantitative estimate of drug-likeness (QED) is 0.712. The van der Waals surface area contributed by atoms with Crippen LogP contribution in [0, 0.1) is 5.92 Å². The minimum Gasteiger partial charge on any atom is -0.507 e. The smallest absolute Gasteiger partial charge is 0.124 e. The highest BCUT2D eigenvalue weighted by atomic mass is 16.3. The fraction of sp³-hybridized carbons (Fsp3) is 0.565. The molecule has 0 fully saturated rings. The number of hydrogen-bond acceptors (Lipinski definition) is 2. The molecule has 25 heavy (non-hydrogen) atoms. The Hall–Kier alpha value is -1.70. The van der Waals surface area contributed by atoms with Gasteiger partial charge in [-0.25, -0.2) is 0 Å². The monoisotopic (exact) mass is 341 g/mol. The van der Waals surface area contributed by atoms with E-state index in [-0.39, 0.29) is 10.8 Å². The van der Waals surface area contributed by atoms with Gasteiger partial charge in [-0.1, -0.05) is 66.7 Å². The predicted molar refractivity (Wildman–Crippen MR) is 108 cm³/mol. The van der Waals surface area contributed by atoms with E-state index in [1.54, 1.807) is 0 Å². The van der Waals surface area contributed by atoms with Gasteiger partial charge in [0, 0.05) is 17.8 Å². The zero-order valence-corrected chi connectivity index (χ0v) is 17.2. The van der Waals surface area contributed by atoms with Crippen LogP contribution in [-0.4, -0.2) is 5.11 Å². The summed E-state index contributed by atoms with van der Waals surface area (Å²) in [5.41, 5.74) is 5.72. The Morgan fingerprint density at radius 3 is 2.24 bits per heavy atom. The molecule has 1 aliphatic carbocycles. The van der Waals surface area contributed by atoms with Gasteiger partial charge in [-0.15, -0.1) is 0 Å². The minimum atomic E-state index is -0.0878. The average molecular weight is 342 g/mol. The van der Waals surface area contributed by atoms with E-state index in [0.717, 1.165) is 17.5 Å². The van der Waals surface area contributed by atoms with Crippen molar-refractivity contribution in [3.05, 3.63) is 52.2 Å². The number of benzene rings is 1. The molecule has 0 heterocycles. The summed E-state index contributed by atoms with van der Waals surface area (Å²) in [5.74, 6) is 1.04. The van der Waals surface area contributed by atoms with E-state index < -0.39 is 0 Å². The Morgan fingerprint density at radius 1 is 1.08 bits per heavy atom. The van der Waals surface area contributed by atoms with Crippen LogP contribution in [-0.2, 0) is 17.4 Å². The standard InChI is InChI=1S/C23H35NO/c1-15-9-10-20(16(2)11-15)24-14-17-12-18(22(3,4)5)13-19(21(17)25)23(6,7)8/h10-13,15,24-25H,9,14H2,1-8H3/t15-/m0/s1. The van der Waals surface area contributed by atoms with E-state index >= 15 is 0 Å². The molecule has 0 aromatic heterocycles. The molecule has 2 nitrogen and oxygen atoms in total. The van der Waals surface area contributed by atoms with Gasteiger partial charge in [0.25, 0.3) is 0 Å². The summed E-state index contributed by atoms with van der Waals surface area (Å²) >= 11 is 0. The molecule has 0 bridgehead atoms. The van der Waals surface area contributed by atoms with Crippen molar-refractivity contribution in [1.29, 1.82) is 0 Å². The summed E-state index contributed by atoms with van der Waals surface area (Å²) in [6.45, 7) is 18.2. The molecule has 0 radical (unpaired) electrons. The molecule has 0 saturated carbocycles. The maximum Gasteiger partial charge on any atom is 0.124 e. The summed E-state index contributed by atoms with van der Waals surface area (Å²) in [6, 6.07) is 4.33. The predicted octanol–water partition coefficient (Wildman–Crippen LogP) is 5.95. The third-order valence-electron chi connectivity index (χ3n) is 4.99. The third-order valence-corrected chi connectivity index (χ3v) is 4.99. The second-order valence-corrected chi connectivity index (χ2v) is 9.57. The van der Waals surface area contributed by atoms with Gasteiger partial charge >= 0.3 is 0 Å². The van der Waals surface area contributed by atoms with Crippen LogP contribution in [0.25, 0.3) is 0 Å². The number of rotatable bonds is 3. The number of allylic oxidation sites excluding steroid dienone is 3. The van der Waals surface area contributed by atoms with Gasteiger partial charge in [-0.3, -0.25) is 0 Å². The molecular weight excluding hydrogens is 306 g/mol. The maximum atomic E-state index is 10.9. The van der Waals surface area contributed by atoms with Gasteiger partial charge in [-0.05, 0) is 52.9 Å². The summed E-state index contributed by atoms with van der Waals surface area (Å²) < 4.78 is 0. The number of aromatic hydroxyl groups is 1. The van der Waals surface area contributed by atoms with Crippen molar-refractivity contribution < 1.29 is 5.11 Å². The van der Waals surface area contributed by atoms with Crippen molar-refractivity contribution in [2.24, 2.45) is 5.92 Å². The molecule has 138 valence electrons. The molecule has 1 aromatic rings. The molecule has 0 aliphatic heterocycles. The second-order valence-electron chi connectivity index (χ2n) is 9.57. The molecule has 1 aliphatic rings. The van der Waals surface area contributed by atoms with Crippen LogP contribution in [0.15, 0.2) is 35.6 Å². The average Bonchev–Trinajstić information content (AvgIpc) is 2.45. The highest BCUT2D eigenvalue weighted by molar-refractivity contribution is 5.49. The summed E-state index contributed by atoms with van der Waals surface area (Å²) in [6.07, 6.45) is 5.66.